The lowest BCUT2D eigenvalue weighted by molar-refractivity contribution is 0.242. The van der Waals surface area contributed by atoms with E-state index in [1.54, 1.807) is 0 Å². The molecule has 0 saturated heterocycles. The van der Waals surface area contributed by atoms with E-state index in [9.17, 15) is 4.79 Å². The Morgan fingerprint density at radius 2 is 1.45 bits per heavy atom. The van der Waals surface area contributed by atoms with Crippen LogP contribution in [0.25, 0.3) is 0 Å². The minimum absolute atomic E-state index is 0.134. The molecule has 2 aromatic rings. The van der Waals surface area contributed by atoms with Crippen molar-refractivity contribution in [2.45, 2.75) is 20.0 Å². The summed E-state index contributed by atoms with van der Waals surface area (Å²) in [6.45, 7) is 3.94. The third-order valence-electron chi connectivity index (χ3n) is 2.52. The van der Waals surface area contributed by atoms with Crippen molar-refractivity contribution in [2.24, 2.45) is 0 Å². The number of anilines is 2. The van der Waals surface area contributed by atoms with Crippen LogP contribution in [0.4, 0.5) is 16.2 Å². The highest BCUT2D eigenvalue weighted by atomic mass is 16.5. The predicted octanol–water partition coefficient (Wildman–Crippen LogP) is 4.12. The molecule has 0 bridgehead atoms. The van der Waals surface area contributed by atoms with E-state index in [1.165, 1.54) is 0 Å². The second-order valence-electron chi connectivity index (χ2n) is 4.64. The molecule has 20 heavy (non-hydrogen) atoms. The number of amides is 2. The molecule has 0 aromatic heterocycles. The van der Waals surface area contributed by atoms with Crippen LogP contribution in [0.2, 0.25) is 0 Å². The van der Waals surface area contributed by atoms with Gasteiger partial charge in [0, 0.05) is 11.4 Å². The maximum atomic E-state index is 11.8. The molecule has 0 aliphatic heterocycles. The highest BCUT2D eigenvalue weighted by Crippen LogP contribution is 2.17. The summed E-state index contributed by atoms with van der Waals surface area (Å²) in [7, 11) is 0. The van der Waals surface area contributed by atoms with E-state index in [0.29, 0.717) is 0 Å². The molecule has 4 nitrogen and oxygen atoms in total. The molecule has 104 valence electrons. The summed E-state index contributed by atoms with van der Waals surface area (Å²) < 4.78 is 5.54. The van der Waals surface area contributed by atoms with Crippen LogP contribution < -0.4 is 15.4 Å². The molecule has 2 rings (SSSR count). The fourth-order valence-electron chi connectivity index (χ4n) is 1.70. The van der Waals surface area contributed by atoms with Gasteiger partial charge in [0.25, 0.3) is 0 Å². The Hall–Kier alpha value is -2.49. The van der Waals surface area contributed by atoms with E-state index < -0.39 is 0 Å². The zero-order chi connectivity index (χ0) is 14.4. The molecule has 0 aliphatic carbocycles. The van der Waals surface area contributed by atoms with Gasteiger partial charge < -0.3 is 15.4 Å². The standard InChI is InChI=1S/C16H18N2O2/c1-12(2)20-15-10-8-14(9-11-15)18-16(19)17-13-6-4-3-5-7-13/h3-12H,1-2H3,(H2,17,18,19). The Balaban J connectivity index is 1.91. The highest BCUT2D eigenvalue weighted by Gasteiger charge is 2.03. The van der Waals surface area contributed by atoms with Crippen molar-refractivity contribution in [1.82, 2.24) is 0 Å². The van der Waals surface area contributed by atoms with Crippen LogP contribution >= 0.6 is 0 Å². The lowest BCUT2D eigenvalue weighted by Crippen LogP contribution is -2.19. The maximum absolute atomic E-state index is 11.8. The van der Waals surface area contributed by atoms with Crippen LogP contribution in [0, 0.1) is 0 Å². The van der Waals surface area contributed by atoms with Gasteiger partial charge in [-0.1, -0.05) is 18.2 Å². The zero-order valence-corrected chi connectivity index (χ0v) is 11.6. The van der Waals surface area contributed by atoms with Crippen LogP contribution in [-0.2, 0) is 0 Å². The molecule has 2 amide bonds. The Bertz CT molecular complexity index is 550. The van der Waals surface area contributed by atoms with Crippen molar-refractivity contribution >= 4 is 17.4 Å². The number of hydrogen-bond acceptors (Lipinski definition) is 2. The van der Waals surface area contributed by atoms with Crippen LogP contribution in [-0.4, -0.2) is 12.1 Å². The number of urea groups is 1. The number of nitrogens with one attached hydrogen (secondary N) is 2. The molecule has 0 heterocycles. The number of benzene rings is 2. The molecule has 0 spiro atoms. The van der Waals surface area contributed by atoms with Crippen molar-refractivity contribution in [3.05, 3.63) is 54.6 Å². The van der Waals surface area contributed by atoms with Gasteiger partial charge in [0.1, 0.15) is 5.75 Å². The topological polar surface area (TPSA) is 50.4 Å². The van der Waals surface area contributed by atoms with Gasteiger partial charge in [-0.3, -0.25) is 0 Å². The maximum Gasteiger partial charge on any atom is 0.323 e. The van der Waals surface area contributed by atoms with Gasteiger partial charge in [0.2, 0.25) is 0 Å². The average Bonchev–Trinajstić information content (AvgIpc) is 2.41. The van der Waals surface area contributed by atoms with Crippen LogP contribution in [0.1, 0.15) is 13.8 Å². The molecular weight excluding hydrogens is 252 g/mol. The third kappa shape index (κ3) is 4.31. The Morgan fingerprint density at radius 1 is 0.900 bits per heavy atom. The van der Waals surface area contributed by atoms with Gasteiger partial charge in [-0.05, 0) is 50.2 Å². The van der Waals surface area contributed by atoms with Crippen molar-refractivity contribution in [2.75, 3.05) is 10.6 Å². The van der Waals surface area contributed by atoms with Gasteiger partial charge in [-0.15, -0.1) is 0 Å². The molecule has 0 aliphatic rings. The van der Waals surface area contributed by atoms with Gasteiger partial charge in [-0.2, -0.15) is 0 Å². The molecule has 2 N–H and O–H groups in total. The van der Waals surface area contributed by atoms with E-state index in [1.807, 2.05) is 68.4 Å². The summed E-state index contributed by atoms with van der Waals surface area (Å²) in [4.78, 5) is 11.8. The summed E-state index contributed by atoms with van der Waals surface area (Å²) in [6.07, 6.45) is 0.134. The Morgan fingerprint density at radius 3 is 2.00 bits per heavy atom. The van der Waals surface area contributed by atoms with E-state index in [2.05, 4.69) is 10.6 Å². The first kappa shape index (κ1) is 13.9. The van der Waals surface area contributed by atoms with E-state index in [-0.39, 0.29) is 12.1 Å². The second kappa shape index (κ2) is 6.61. The average molecular weight is 270 g/mol. The molecule has 0 atom stereocenters. The van der Waals surface area contributed by atoms with Gasteiger partial charge in [0.05, 0.1) is 6.10 Å². The first-order valence-electron chi connectivity index (χ1n) is 6.53. The summed E-state index contributed by atoms with van der Waals surface area (Å²) in [5, 5.41) is 5.52. The van der Waals surface area contributed by atoms with Gasteiger partial charge in [-0.25, -0.2) is 4.79 Å². The molecule has 0 fully saturated rings. The largest absolute Gasteiger partial charge is 0.491 e. The van der Waals surface area contributed by atoms with Crippen LogP contribution in [0.3, 0.4) is 0 Å². The summed E-state index contributed by atoms with van der Waals surface area (Å²) in [5.41, 5.74) is 1.47. The highest BCUT2D eigenvalue weighted by molar-refractivity contribution is 5.99. The number of ether oxygens (including phenoxy) is 1. The lowest BCUT2D eigenvalue weighted by Gasteiger charge is -2.11. The quantitative estimate of drug-likeness (QED) is 0.878. The first-order valence-corrected chi connectivity index (χ1v) is 6.53. The number of hydrogen-bond donors (Lipinski definition) is 2. The minimum atomic E-state index is -0.270. The fraction of sp³-hybridized carbons (Fsp3) is 0.188. The van der Waals surface area contributed by atoms with Crippen molar-refractivity contribution in [3.63, 3.8) is 0 Å². The molecule has 0 saturated carbocycles. The van der Waals surface area contributed by atoms with E-state index in [0.717, 1.165) is 17.1 Å². The van der Waals surface area contributed by atoms with E-state index in [4.69, 9.17) is 4.74 Å². The van der Waals surface area contributed by atoms with E-state index >= 15 is 0 Å². The second-order valence-corrected chi connectivity index (χ2v) is 4.64. The van der Waals surface area contributed by atoms with Crippen molar-refractivity contribution in [1.29, 1.82) is 0 Å². The number of rotatable bonds is 4. The number of carbonyl (C=O) groups is 1. The predicted molar refractivity (Wildman–Crippen MR) is 81.3 cm³/mol. The molecular formula is C16H18N2O2. The smallest absolute Gasteiger partial charge is 0.323 e. The van der Waals surface area contributed by atoms with Crippen LogP contribution in [0.5, 0.6) is 5.75 Å². The Labute approximate surface area is 118 Å². The summed E-state index contributed by atoms with van der Waals surface area (Å²) in [6, 6.07) is 16.3. The van der Waals surface area contributed by atoms with Crippen molar-refractivity contribution < 1.29 is 9.53 Å². The monoisotopic (exact) mass is 270 g/mol. The first-order chi connectivity index (χ1) is 9.63. The van der Waals surface area contributed by atoms with Crippen molar-refractivity contribution in [3.8, 4) is 5.75 Å². The van der Waals surface area contributed by atoms with Crippen LogP contribution in [0.15, 0.2) is 54.6 Å². The molecule has 0 unspecified atom stereocenters. The minimum Gasteiger partial charge on any atom is -0.491 e. The molecule has 0 radical (unpaired) electrons. The molecule has 2 aromatic carbocycles. The Kier molecular flexibility index (Phi) is 4.60. The third-order valence-corrected chi connectivity index (χ3v) is 2.52. The van der Waals surface area contributed by atoms with Gasteiger partial charge >= 0.3 is 6.03 Å². The van der Waals surface area contributed by atoms with Gasteiger partial charge in [0.15, 0.2) is 0 Å². The summed E-state index contributed by atoms with van der Waals surface area (Å²) >= 11 is 0. The normalized spacial score (nSPS) is 10.2. The number of para-hydroxylation sites is 1. The SMILES string of the molecule is CC(C)Oc1ccc(NC(=O)Nc2ccccc2)cc1. The number of carbonyl (C=O) groups excluding carboxylic acids is 1. The molecule has 4 heteroatoms. The zero-order valence-electron chi connectivity index (χ0n) is 11.6. The fourth-order valence-corrected chi connectivity index (χ4v) is 1.70. The lowest BCUT2D eigenvalue weighted by atomic mass is 10.3. The summed E-state index contributed by atoms with van der Waals surface area (Å²) in [5.74, 6) is 0.786.